The Balaban J connectivity index is 1.92. The molecule has 0 aromatic heterocycles. The lowest BCUT2D eigenvalue weighted by atomic mass is 9.80. The number of nitrogens with two attached hydrogens (primary N) is 1. The molecule has 3 heteroatoms. The predicted octanol–water partition coefficient (Wildman–Crippen LogP) is 2.66. The van der Waals surface area contributed by atoms with Crippen molar-refractivity contribution in [3.8, 4) is 0 Å². The molecule has 2 nitrogen and oxygen atoms in total. The molecule has 1 saturated heterocycles. The molecule has 1 saturated carbocycles. The Morgan fingerprint density at radius 2 is 1.94 bits per heavy atom. The van der Waals surface area contributed by atoms with Gasteiger partial charge in [0.2, 0.25) is 0 Å². The van der Waals surface area contributed by atoms with Gasteiger partial charge in [0.05, 0.1) is 6.10 Å². The van der Waals surface area contributed by atoms with E-state index in [-0.39, 0.29) is 0 Å². The van der Waals surface area contributed by atoms with E-state index >= 15 is 0 Å². The number of thioether (sulfide) groups is 1. The lowest BCUT2D eigenvalue weighted by molar-refractivity contribution is 0.127. The normalized spacial score (nSPS) is 49.5. The predicted molar refractivity (Wildman–Crippen MR) is 70.7 cm³/mol. The van der Waals surface area contributed by atoms with Gasteiger partial charge in [-0.1, -0.05) is 13.8 Å². The van der Waals surface area contributed by atoms with Crippen LogP contribution in [0.25, 0.3) is 0 Å². The van der Waals surface area contributed by atoms with E-state index in [2.05, 4.69) is 32.5 Å². The van der Waals surface area contributed by atoms with Gasteiger partial charge in [-0.15, -0.1) is 0 Å². The van der Waals surface area contributed by atoms with E-state index in [1.165, 1.54) is 19.3 Å². The molecule has 6 atom stereocenters. The van der Waals surface area contributed by atoms with Crippen molar-refractivity contribution < 1.29 is 4.74 Å². The van der Waals surface area contributed by atoms with Crippen LogP contribution in [0, 0.1) is 11.8 Å². The molecule has 2 N–H and O–H groups in total. The molecule has 1 heterocycles. The molecule has 0 aromatic carbocycles. The van der Waals surface area contributed by atoms with E-state index in [9.17, 15) is 0 Å². The molecule has 1 aliphatic heterocycles. The van der Waals surface area contributed by atoms with Crippen molar-refractivity contribution in [2.45, 2.75) is 62.7 Å². The molecule has 0 spiro atoms. The van der Waals surface area contributed by atoms with Gasteiger partial charge in [-0.3, -0.25) is 0 Å². The topological polar surface area (TPSA) is 35.2 Å². The summed E-state index contributed by atoms with van der Waals surface area (Å²) in [5.41, 5.74) is 6.32. The van der Waals surface area contributed by atoms with E-state index < -0.39 is 0 Å². The quantitative estimate of drug-likeness (QED) is 0.810. The van der Waals surface area contributed by atoms with Gasteiger partial charge >= 0.3 is 0 Å². The average Bonchev–Trinajstić information content (AvgIpc) is 2.57. The molecule has 0 aromatic rings. The molecule has 6 unspecified atom stereocenters. The molecule has 1 aliphatic carbocycles. The Morgan fingerprint density at radius 1 is 1.19 bits per heavy atom. The van der Waals surface area contributed by atoms with E-state index in [0.717, 1.165) is 18.4 Å². The van der Waals surface area contributed by atoms with Crippen LogP contribution in [0.15, 0.2) is 0 Å². The summed E-state index contributed by atoms with van der Waals surface area (Å²) in [5, 5.41) is 1.32. The van der Waals surface area contributed by atoms with E-state index in [4.69, 9.17) is 10.5 Å². The minimum absolute atomic E-state index is 0.386. The second kappa shape index (κ2) is 5.28. The first-order valence-corrected chi connectivity index (χ1v) is 7.55. The van der Waals surface area contributed by atoms with Crippen LogP contribution in [0.1, 0.15) is 40.0 Å². The van der Waals surface area contributed by atoms with E-state index in [0.29, 0.717) is 22.6 Å². The summed E-state index contributed by atoms with van der Waals surface area (Å²) in [6, 6.07) is 0.386. The highest BCUT2D eigenvalue weighted by atomic mass is 32.2. The zero-order valence-electron chi connectivity index (χ0n) is 10.7. The first-order chi connectivity index (χ1) is 7.58. The summed E-state index contributed by atoms with van der Waals surface area (Å²) < 4.78 is 5.64. The molecule has 16 heavy (non-hydrogen) atoms. The van der Waals surface area contributed by atoms with Crippen molar-refractivity contribution in [2.75, 3.05) is 6.61 Å². The van der Waals surface area contributed by atoms with Gasteiger partial charge in [0, 0.05) is 23.1 Å². The summed E-state index contributed by atoms with van der Waals surface area (Å²) in [6.45, 7) is 7.84. The van der Waals surface area contributed by atoms with Gasteiger partial charge in [-0.05, 0) is 38.0 Å². The van der Waals surface area contributed by atoms with Crippen LogP contribution in [0.5, 0.6) is 0 Å². The smallest absolute Gasteiger partial charge is 0.0666 e. The third-order valence-corrected chi connectivity index (χ3v) is 6.17. The maximum atomic E-state index is 6.32. The minimum Gasteiger partial charge on any atom is -0.377 e. The van der Waals surface area contributed by atoms with Crippen LogP contribution >= 0.6 is 11.8 Å². The van der Waals surface area contributed by atoms with Crippen molar-refractivity contribution in [1.82, 2.24) is 0 Å². The van der Waals surface area contributed by atoms with E-state index in [1.54, 1.807) is 0 Å². The molecule has 2 fully saturated rings. The highest BCUT2D eigenvalue weighted by Crippen LogP contribution is 2.40. The van der Waals surface area contributed by atoms with Crippen LogP contribution in [-0.4, -0.2) is 29.3 Å². The fourth-order valence-corrected chi connectivity index (χ4v) is 4.84. The Bertz CT molecular complexity index is 224. The highest BCUT2D eigenvalue weighted by Gasteiger charge is 2.36. The first-order valence-electron chi connectivity index (χ1n) is 6.60. The molecule has 2 aliphatic rings. The van der Waals surface area contributed by atoms with Crippen LogP contribution in [-0.2, 0) is 4.74 Å². The number of ether oxygens (including phenoxy) is 1. The molecule has 0 amide bonds. The number of rotatable bonds is 2. The number of hydrogen-bond acceptors (Lipinski definition) is 3. The largest absolute Gasteiger partial charge is 0.377 e. The van der Waals surface area contributed by atoms with Gasteiger partial charge in [-0.2, -0.15) is 11.8 Å². The summed E-state index contributed by atoms with van der Waals surface area (Å²) in [5.74, 6) is 1.57. The van der Waals surface area contributed by atoms with Gasteiger partial charge in [0.1, 0.15) is 0 Å². The monoisotopic (exact) mass is 243 g/mol. The third-order valence-electron chi connectivity index (χ3n) is 4.07. The molecule has 2 rings (SSSR count). The molecular formula is C13H25NOS. The maximum Gasteiger partial charge on any atom is 0.0666 e. The van der Waals surface area contributed by atoms with Crippen LogP contribution in [0.3, 0.4) is 0 Å². The summed E-state index contributed by atoms with van der Waals surface area (Å²) >= 11 is 2.10. The molecule has 0 radical (unpaired) electrons. The second-order valence-electron chi connectivity index (χ2n) is 5.72. The van der Waals surface area contributed by atoms with Crippen LogP contribution in [0.2, 0.25) is 0 Å². The van der Waals surface area contributed by atoms with Crippen LogP contribution < -0.4 is 5.73 Å². The third kappa shape index (κ3) is 2.74. The zero-order chi connectivity index (χ0) is 11.7. The lowest BCUT2D eigenvalue weighted by Crippen LogP contribution is -2.44. The second-order valence-corrected chi connectivity index (χ2v) is 7.14. The first kappa shape index (κ1) is 12.7. The van der Waals surface area contributed by atoms with Crippen molar-refractivity contribution in [1.29, 1.82) is 0 Å². The highest BCUT2D eigenvalue weighted by molar-refractivity contribution is 8.00. The Hall–Kier alpha value is 0.270. The van der Waals surface area contributed by atoms with Gasteiger partial charge in [-0.25, -0.2) is 0 Å². The summed E-state index contributed by atoms with van der Waals surface area (Å²) in [6.07, 6.45) is 4.16. The standard InChI is InChI=1S/C13H25NOS/c1-8-6-9(2)13(11(14)7-8)16-12-4-5-15-10(12)3/h8-13H,4-7,14H2,1-3H3. The SMILES string of the molecule is CC1CC(C)C(SC2CCOC2C)C(N)C1. The molecule has 94 valence electrons. The fraction of sp³-hybridized carbons (Fsp3) is 1.00. The average molecular weight is 243 g/mol. The maximum absolute atomic E-state index is 6.32. The van der Waals surface area contributed by atoms with Crippen molar-refractivity contribution in [3.63, 3.8) is 0 Å². The lowest BCUT2D eigenvalue weighted by Gasteiger charge is -2.38. The Morgan fingerprint density at radius 3 is 2.50 bits per heavy atom. The van der Waals surface area contributed by atoms with Crippen molar-refractivity contribution in [2.24, 2.45) is 17.6 Å². The van der Waals surface area contributed by atoms with Gasteiger partial charge < -0.3 is 10.5 Å². The van der Waals surface area contributed by atoms with Gasteiger partial charge in [0.25, 0.3) is 0 Å². The van der Waals surface area contributed by atoms with Crippen molar-refractivity contribution >= 4 is 11.8 Å². The minimum atomic E-state index is 0.386. The Kier molecular flexibility index (Phi) is 4.20. The Labute approximate surface area is 104 Å². The van der Waals surface area contributed by atoms with Gasteiger partial charge in [0.15, 0.2) is 0 Å². The summed E-state index contributed by atoms with van der Waals surface area (Å²) in [4.78, 5) is 0. The molecular weight excluding hydrogens is 218 g/mol. The fourth-order valence-electron chi connectivity index (χ4n) is 3.21. The van der Waals surface area contributed by atoms with Crippen molar-refractivity contribution in [3.05, 3.63) is 0 Å². The van der Waals surface area contributed by atoms with Crippen LogP contribution in [0.4, 0.5) is 0 Å². The zero-order valence-corrected chi connectivity index (χ0v) is 11.5. The van der Waals surface area contributed by atoms with E-state index in [1.807, 2.05) is 0 Å². The number of hydrogen-bond donors (Lipinski definition) is 1. The molecule has 0 bridgehead atoms. The summed E-state index contributed by atoms with van der Waals surface area (Å²) in [7, 11) is 0.